The fraction of sp³-hybridized carbons (Fsp3) is 0.480. The number of rotatable bonds is 5. The zero-order valence-corrected chi connectivity index (χ0v) is 18.7. The van der Waals surface area contributed by atoms with Crippen molar-refractivity contribution in [3.05, 3.63) is 65.5 Å². The molecule has 3 rings (SSSR count). The molecule has 0 aliphatic carbocycles. The molecule has 162 valence electrons. The van der Waals surface area contributed by atoms with E-state index in [4.69, 9.17) is 4.74 Å². The van der Waals surface area contributed by atoms with Gasteiger partial charge in [0.15, 0.2) is 6.61 Å². The molecule has 1 heterocycles. The maximum atomic E-state index is 13.1. The molecule has 1 fully saturated rings. The molecule has 4 nitrogen and oxygen atoms in total. The highest BCUT2D eigenvalue weighted by Gasteiger charge is 2.32. The third kappa shape index (κ3) is 5.60. The number of amides is 1. The highest BCUT2D eigenvalue weighted by atomic mass is 19.1. The van der Waals surface area contributed by atoms with Crippen molar-refractivity contribution < 1.29 is 13.9 Å². The second kappa shape index (κ2) is 9.17. The van der Waals surface area contributed by atoms with Crippen LogP contribution in [-0.4, -0.2) is 47.5 Å². The summed E-state index contributed by atoms with van der Waals surface area (Å²) in [4.78, 5) is 17.1. The van der Waals surface area contributed by atoms with Gasteiger partial charge in [-0.15, -0.1) is 0 Å². The van der Waals surface area contributed by atoms with Crippen molar-refractivity contribution in [3.63, 3.8) is 0 Å². The van der Waals surface area contributed by atoms with E-state index in [1.54, 1.807) is 0 Å². The second-order valence-electron chi connectivity index (χ2n) is 9.37. The second-order valence-corrected chi connectivity index (χ2v) is 9.37. The summed E-state index contributed by atoms with van der Waals surface area (Å²) in [5.74, 6) is 0.520. The Hall–Kier alpha value is -2.40. The van der Waals surface area contributed by atoms with E-state index >= 15 is 0 Å². The van der Waals surface area contributed by atoms with Crippen molar-refractivity contribution >= 4 is 5.91 Å². The minimum absolute atomic E-state index is 0.0111. The van der Waals surface area contributed by atoms with E-state index in [-0.39, 0.29) is 35.8 Å². The van der Waals surface area contributed by atoms with E-state index in [2.05, 4.69) is 45.6 Å². The SMILES string of the molecule is CC1CN(C(=O)COc2cccc(C(C)(C)C)c2)C(C)CN1Cc1ccc(F)cc1. The molecule has 5 heteroatoms. The maximum Gasteiger partial charge on any atom is 0.260 e. The van der Waals surface area contributed by atoms with Crippen molar-refractivity contribution in [1.29, 1.82) is 0 Å². The summed E-state index contributed by atoms with van der Waals surface area (Å²) in [6.07, 6.45) is 0. The van der Waals surface area contributed by atoms with Crippen LogP contribution in [-0.2, 0) is 16.8 Å². The van der Waals surface area contributed by atoms with Crippen LogP contribution >= 0.6 is 0 Å². The van der Waals surface area contributed by atoms with Gasteiger partial charge < -0.3 is 9.64 Å². The summed E-state index contributed by atoms with van der Waals surface area (Å²) in [6, 6.07) is 14.9. The number of carbonyl (C=O) groups excluding carboxylic acids is 1. The van der Waals surface area contributed by atoms with Crippen LogP contribution in [0, 0.1) is 5.82 Å². The van der Waals surface area contributed by atoms with Gasteiger partial charge in [-0.25, -0.2) is 4.39 Å². The number of ether oxygens (including phenoxy) is 1. The van der Waals surface area contributed by atoms with Crippen molar-refractivity contribution in [2.75, 3.05) is 19.7 Å². The molecular weight excluding hydrogens is 379 g/mol. The minimum Gasteiger partial charge on any atom is -0.484 e. The number of carbonyl (C=O) groups is 1. The van der Waals surface area contributed by atoms with Crippen LogP contribution in [0.1, 0.15) is 45.7 Å². The van der Waals surface area contributed by atoms with Gasteiger partial charge in [0.25, 0.3) is 5.91 Å². The van der Waals surface area contributed by atoms with Gasteiger partial charge in [0.1, 0.15) is 11.6 Å². The fourth-order valence-electron chi connectivity index (χ4n) is 3.87. The normalized spacial score (nSPS) is 20.3. The first-order valence-corrected chi connectivity index (χ1v) is 10.6. The molecule has 0 N–H and O–H groups in total. The van der Waals surface area contributed by atoms with Gasteiger partial charge in [0.05, 0.1) is 0 Å². The van der Waals surface area contributed by atoms with Crippen molar-refractivity contribution in [2.24, 2.45) is 0 Å². The zero-order chi connectivity index (χ0) is 21.9. The van der Waals surface area contributed by atoms with Crippen LogP contribution in [0.4, 0.5) is 4.39 Å². The van der Waals surface area contributed by atoms with Crippen LogP contribution < -0.4 is 4.74 Å². The van der Waals surface area contributed by atoms with E-state index in [1.165, 1.54) is 17.7 Å². The summed E-state index contributed by atoms with van der Waals surface area (Å²) < 4.78 is 19.0. The molecular formula is C25H33FN2O2. The van der Waals surface area contributed by atoms with Crippen LogP contribution in [0.2, 0.25) is 0 Å². The molecule has 0 saturated carbocycles. The molecule has 0 aromatic heterocycles. The molecule has 2 unspecified atom stereocenters. The Morgan fingerprint density at radius 3 is 2.43 bits per heavy atom. The van der Waals surface area contributed by atoms with Gasteiger partial charge in [-0.2, -0.15) is 0 Å². The number of halogens is 1. The van der Waals surface area contributed by atoms with Crippen LogP contribution in [0.3, 0.4) is 0 Å². The van der Waals surface area contributed by atoms with Gasteiger partial charge in [-0.3, -0.25) is 9.69 Å². The lowest BCUT2D eigenvalue weighted by atomic mass is 9.87. The molecule has 30 heavy (non-hydrogen) atoms. The molecule has 1 aliphatic rings. The highest BCUT2D eigenvalue weighted by Crippen LogP contribution is 2.26. The summed E-state index contributed by atoms with van der Waals surface area (Å²) in [5, 5.41) is 0. The van der Waals surface area contributed by atoms with Crippen LogP contribution in [0.5, 0.6) is 5.75 Å². The summed E-state index contributed by atoms with van der Waals surface area (Å²) in [6.45, 7) is 12.9. The average Bonchev–Trinajstić information content (AvgIpc) is 2.70. The summed E-state index contributed by atoms with van der Waals surface area (Å²) in [5.41, 5.74) is 2.30. The Morgan fingerprint density at radius 1 is 1.07 bits per heavy atom. The average molecular weight is 413 g/mol. The molecule has 0 radical (unpaired) electrons. The Kier molecular flexibility index (Phi) is 6.81. The first-order valence-electron chi connectivity index (χ1n) is 10.6. The number of nitrogens with zero attached hydrogens (tertiary/aromatic N) is 2. The van der Waals surface area contributed by atoms with E-state index in [1.807, 2.05) is 35.2 Å². The molecule has 2 aromatic rings. The lowest BCUT2D eigenvalue weighted by Gasteiger charge is -2.44. The molecule has 1 amide bonds. The molecule has 1 saturated heterocycles. The fourth-order valence-corrected chi connectivity index (χ4v) is 3.87. The molecule has 0 bridgehead atoms. The number of hydrogen-bond acceptors (Lipinski definition) is 3. The lowest BCUT2D eigenvalue weighted by molar-refractivity contribution is -0.139. The van der Waals surface area contributed by atoms with Gasteiger partial charge in [0.2, 0.25) is 0 Å². The monoisotopic (exact) mass is 412 g/mol. The first-order chi connectivity index (χ1) is 14.1. The van der Waals surface area contributed by atoms with E-state index < -0.39 is 0 Å². The van der Waals surface area contributed by atoms with Crippen molar-refractivity contribution in [1.82, 2.24) is 9.80 Å². The van der Waals surface area contributed by atoms with E-state index in [9.17, 15) is 9.18 Å². The molecule has 2 aromatic carbocycles. The maximum absolute atomic E-state index is 13.1. The summed E-state index contributed by atoms with van der Waals surface area (Å²) >= 11 is 0. The third-order valence-corrected chi connectivity index (χ3v) is 5.80. The standard InChI is InChI=1S/C25H33FN2O2/c1-18-15-28(19(2)14-27(18)16-20-9-11-22(26)12-10-20)24(29)17-30-23-8-6-7-21(13-23)25(3,4)5/h6-13,18-19H,14-17H2,1-5H3. The summed E-state index contributed by atoms with van der Waals surface area (Å²) in [7, 11) is 0. The largest absolute Gasteiger partial charge is 0.484 e. The predicted octanol–water partition coefficient (Wildman–Crippen LogP) is 4.62. The van der Waals surface area contributed by atoms with Gasteiger partial charge in [-0.1, -0.05) is 45.0 Å². The number of piperazine rings is 1. The van der Waals surface area contributed by atoms with Crippen molar-refractivity contribution in [3.8, 4) is 5.75 Å². The Bertz CT molecular complexity index is 860. The highest BCUT2D eigenvalue weighted by molar-refractivity contribution is 5.78. The quantitative estimate of drug-likeness (QED) is 0.718. The Labute approximate surface area is 179 Å². The van der Waals surface area contributed by atoms with E-state index in [0.717, 1.165) is 24.4 Å². The van der Waals surface area contributed by atoms with Crippen LogP contribution in [0.25, 0.3) is 0 Å². The Morgan fingerprint density at radius 2 is 1.77 bits per heavy atom. The predicted molar refractivity (Wildman–Crippen MR) is 118 cm³/mol. The lowest BCUT2D eigenvalue weighted by Crippen LogP contribution is -2.58. The van der Waals surface area contributed by atoms with Crippen molar-refractivity contribution in [2.45, 2.75) is 58.7 Å². The van der Waals surface area contributed by atoms with Gasteiger partial charge in [-0.05, 0) is 54.7 Å². The molecule has 2 atom stereocenters. The topological polar surface area (TPSA) is 32.8 Å². The smallest absolute Gasteiger partial charge is 0.260 e. The van der Waals surface area contributed by atoms with E-state index in [0.29, 0.717) is 6.54 Å². The zero-order valence-electron chi connectivity index (χ0n) is 18.7. The number of benzene rings is 2. The first kappa shape index (κ1) is 22.3. The van der Waals surface area contributed by atoms with Crippen LogP contribution in [0.15, 0.2) is 48.5 Å². The molecule has 0 spiro atoms. The number of hydrogen-bond donors (Lipinski definition) is 0. The minimum atomic E-state index is -0.219. The molecule has 1 aliphatic heterocycles. The van der Waals surface area contributed by atoms with Gasteiger partial charge in [0, 0.05) is 31.7 Å². The Balaban J connectivity index is 1.56. The third-order valence-electron chi connectivity index (χ3n) is 5.80. The van der Waals surface area contributed by atoms with Gasteiger partial charge >= 0.3 is 0 Å².